The van der Waals surface area contributed by atoms with Crippen molar-refractivity contribution in [2.45, 2.75) is 19.4 Å². The Morgan fingerprint density at radius 3 is 2.80 bits per heavy atom. The van der Waals surface area contributed by atoms with Crippen molar-refractivity contribution in [1.82, 2.24) is 0 Å². The summed E-state index contributed by atoms with van der Waals surface area (Å²) in [7, 11) is 0. The molecule has 4 heteroatoms. The standard InChI is InChI=1S/C21H19FO3/c1-2-24-21(23)18-8-5-9-20-19(18)14-17(25-20)7-4-3-6-15-10-12-16(22)13-11-15/h3-13,17H,2,14H2,1H3/b6-3+,7-4-. The molecular weight excluding hydrogens is 319 g/mol. The van der Waals surface area contributed by atoms with Crippen molar-refractivity contribution in [3.63, 3.8) is 0 Å². The normalized spacial score (nSPS) is 16.2. The van der Waals surface area contributed by atoms with Crippen molar-refractivity contribution in [2.24, 2.45) is 0 Å². The maximum absolute atomic E-state index is 12.9. The van der Waals surface area contributed by atoms with Gasteiger partial charge in [-0.25, -0.2) is 9.18 Å². The van der Waals surface area contributed by atoms with Gasteiger partial charge in [0.05, 0.1) is 12.2 Å². The Hall–Kier alpha value is -2.88. The summed E-state index contributed by atoms with van der Waals surface area (Å²) in [5.74, 6) is 0.161. The monoisotopic (exact) mass is 338 g/mol. The Kier molecular flexibility index (Phi) is 5.29. The highest BCUT2D eigenvalue weighted by Crippen LogP contribution is 2.32. The van der Waals surface area contributed by atoms with Gasteiger partial charge in [-0.1, -0.05) is 36.4 Å². The average Bonchev–Trinajstić information content (AvgIpc) is 3.03. The van der Waals surface area contributed by atoms with E-state index in [1.165, 1.54) is 12.1 Å². The lowest BCUT2D eigenvalue weighted by molar-refractivity contribution is 0.0525. The minimum atomic E-state index is -0.316. The zero-order valence-electron chi connectivity index (χ0n) is 13.9. The smallest absolute Gasteiger partial charge is 0.338 e. The maximum Gasteiger partial charge on any atom is 0.338 e. The number of carbonyl (C=O) groups is 1. The predicted molar refractivity (Wildman–Crippen MR) is 95.1 cm³/mol. The number of benzene rings is 2. The number of hydrogen-bond donors (Lipinski definition) is 0. The van der Waals surface area contributed by atoms with Crippen LogP contribution in [0.15, 0.2) is 60.7 Å². The van der Waals surface area contributed by atoms with Gasteiger partial charge in [-0.2, -0.15) is 0 Å². The topological polar surface area (TPSA) is 35.5 Å². The Bertz CT molecular complexity index is 806. The van der Waals surface area contributed by atoms with E-state index in [0.717, 1.165) is 16.9 Å². The van der Waals surface area contributed by atoms with Crippen LogP contribution in [0.4, 0.5) is 4.39 Å². The molecule has 1 heterocycles. The molecule has 3 rings (SSSR count). The van der Waals surface area contributed by atoms with Crippen LogP contribution in [0.25, 0.3) is 6.08 Å². The SMILES string of the molecule is CCOC(=O)c1cccc2c1CC(/C=C\C=C\c1ccc(F)cc1)O2. The summed E-state index contributed by atoms with van der Waals surface area (Å²) in [5, 5.41) is 0. The molecule has 1 aliphatic rings. The number of fused-ring (bicyclic) bond motifs is 1. The molecule has 0 bridgehead atoms. The van der Waals surface area contributed by atoms with E-state index in [4.69, 9.17) is 9.47 Å². The lowest BCUT2D eigenvalue weighted by atomic mass is 10.0. The van der Waals surface area contributed by atoms with Gasteiger partial charge in [-0.3, -0.25) is 0 Å². The molecule has 0 N–H and O–H groups in total. The Morgan fingerprint density at radius 1 is 1.24 bits per heavy atom. The summed E-state index contributed by atoms with van der Waals surface area (Å²) in [6.45, 7) is 2.14. The van der Waals surface area contributed by atoms with E-state index in [-0.39, 0.29) is 17.9 Å². The number of allylic oxidation sites excluding steroid dienone is 2. The summed E-state index contributed by atoms with van der Waals surface area (Å²) in [6.07, 6.45) is 8.11. The molecule has 0 amide bonds. The van der Waals surface area contributed by atoms with Gasteiger partial charge in [0, 0.05) is 12.0 Å². The summed E-state index contributed by atoms with van der Waals surface area (Å²) in [6, 6.07) is 11.7. The summed E-state index contributed by atoms with van der Waals surface area (Å²) >= 11 is 0. The highest BCUT2D eigenvalue weighted by atomic mass is 19.1. The summed E-state index contributed by atoms with van der Waals surface area (Å²) < 4.78 is 23.8. The molecule has 0 saturated carbocycles. The van der Waals surface area contributed by atoms with Crippen LogP contribution < -0.4 is 4.74 Å². The number of ether oxygens (including phenoxy) is 2. The summed E-state index contributed by atoms with van der Waals surface area (Å²) in [4.78, 5) is 12.0. The van der Waals surface area contributed by atoms with E-state index in [0.29, 0.717) is 18.6 Å². The van der Waals surface area contributed by atoms with Gasteiger partial charge in [0.1, 0.15) is 17.7 Å². The van der Waals surface area contributed by atoms with Crippen LogP contribution in [0.1, 0.15) is 28.4 Å². The maximum atomic E-state index is 12.9. The van der Waals surface area contributed by atoms with Gasteiger partial charge >= 0.3 is 5.97 Å². The molecule has 2 aromatic rings. The Balaban J connectivity index is 1.65. The quantitative estimate of drug-likeness (QED) is 0.591. The number of halogens is 1. The highest BCUT2D eigenvalue weighted by Gasteiger charge is 2.26. The minimum absolute atomic E-state index is 0.122. The van der Waals surface area contributed by atoms with Crippen molar-refractivity contribution >= 4 is 12.0 Å². The number of hydrogen-bond acceptors (Lipinski definition) is 3. The first-order chi connectivity index (χ1) is 12.2. The van der Waals surface area contributed by atoms with Crippen molar-refractivity contribution < 1.29 is 18.7 Å². The Labute approximate surface area is 146 Å². The van der Waals surface area contributed by atoms with Crippen LogP contribution in [0.2, 0.25) is 0 Å². The predicted octanol–water partition coefficient (Wildman–Crippen LogP) is 4.58. The number of carbonyl (C=O) groups excluding carboxylic acids is 1. The van der Waals surface area contributed by atoms with E-state index in [1.807, 2.05) is 30.4 Å². The molecule has 1 unspecified atom stereocenters. The van der Waals surface area contributed by atoms with Crippen LogP contribution in [0.5, 0.6) is 5.75 Å². The van der Waals surface area contributed by atoms with Crippen molar-refractivity contribution in [2.75, 3.05) is 6.61 Å². The van der Waals surface area contributed by atoms with E-state index in [2.05, 4.69) is 0 Å². The van der Waals surface area contributed by atoms with Crippen LogP contribution >= 0.6 is 0 Å². The first kappa shape index (κ1) is 17.0. The third kappa shape index (κ3) is 4.15. The van der Waals surface area contributed by atoms with Crippen LogP contribution in [0.3, 0.4) is 0 Å². The van der Waals surface area contributed by atoms with Gasteiger partial charge in [0.15, 0.2) is 0 Å². The van der Waals surface area contributed by atoms with Gasteiger partial charge in [0.25, 0.3) is 0 Å². The lowest BCUT2D eigenvalue weighted by Gasteiger charge is -2.05. The van der Waals surface area contributed by atoms with Gasteiger partial charge in [-0.15, -0.1) is 0 Å². The number of rotatable bonds is 5. The highest BCUT2D eigenvalue weighted by molar-refractivity contribution is 5.92. The first-order valence-corrected chi connectivity index (χ1v) is 8.23. The molecule has 0 aliphatic carbocycles. The second-order valence-electron chi connectivity index (χ2n) is 5.66. The molecule has 1 aliphatic heterocycles. The molecule has 3 nitrogen and oxygen atoms in total. The molecule has 1 atom stereocenters. The van der Waals surface area contributed by atoms with E-state index < -0.39 is 0 Å². The molecule has 128 valence electrons. The van der Waals surface area contributed by atoms with Crippen molar-refractivity contribution in [3.8, 4) is 5.75 Å². The molecule has 0 spiro atoms. The molecule has 25 heavy (non-hydrogen) atoms. The second kappa shape index (κ2) is 7.79. The van der Waals surface area contributed by atoms with Crippen molar-refractivity contribution in [1.29, 1.82) is 0 Å². The zero-order valence-corrected chi connectivity index (χ0v) is 13.9. The third-order valence-electron chi connectivity index (χ3n) is 3.91. The first-order valence-electron chi connectivity index (χ1n) is 8.23. The second-order valence-corrected chi connectivity index (χ2v) is 5.66. The van der Waals surface area contributed by atoms with Crippen LogP contribution in [-0.2, 0) is 11.2 Å². The number of esters is 1. The van der Waals surface area contributed by atoms with Gasteiger partial charge in [0.2, 0.25) is 0 Å². The van der Waals surface area contributed by atoms with Crippen LogP contribution in [-0.4, -0.2) is 18.7 Å². The molecule has 0 saturated heterocycles. The molecular formula is C21H19FO3. The van der Waals surface area contributed by atoms with E-state index in [9.17, 15) is 9.18 Å². The lowest BCUT2D eigenvalue weighted by Crippen LogP contribution is -2.10. The van der Waals surface area contributed by atoms with Crippen LogP contribution in [0, 0.1) is 5.82 Å². The third-order valence-corrected chi connectivity index (χ3v) is 3.91. The van der Waals surface area contributed by atoms with Crippen molar-refractivity contribution in [3.05, 3.63) is 83.2 Å². The van der Waals surface area contributed by atoms with E-state index >= 15 is 0 Å². The largest absolute Gasteiger partial charge is 0.486 e. The Morgan fingerprint density at radius 2 is 2.04 bits per heavy atom. The molecule has 0 aromatic heterocycles. The van der Waals surface area contributed by atoms with Gasteiger partial charge in [-0.05, 0) is 42.8 Å². The molecule has 0 fully saturated rings. The minimum Gasteiger partial charge on any atom is -0.486 e. The van der Waals surface area contributed by atoms with E-state index in [1.54, 1.807) is 31.2 Å². The fourth-order valence-corrected chi connectivity index (χ4v) is 2.73. The fourth-order valence-electron chi connectivity index (χ4n) is 2.73. The fraction of sp³-hybridized carbons (Fsp3) is 0.190. The average molecular weight is 338 g/mol. The summed E-state index contributed by atoms with van der Waals surface area (Å²) in [5.41, 5.74) is 2.38. The molecule has 0 radical (unpaired) electrons. The van der Waals surface area contributed by atoms with Gasteiger partial charge < -0.3 is 9.47 Å². The zero-order chi connectivity index (χ0) is 17.6. The molecule has 2 aromatic carbocycles.